The first-order valence-corrected chi connectivity index (χ1v) is 7.46. The van der Waals surface area contributed by atoms with Crippen LogP contribution in [0.3, 0.4) is 0 Å². The molecule has 108 valence electrons. The quantitative estimate of drug-likeness (QED) is 0.820. The van der Waals surface area contributed by atoms with Gasteiger partial charge in [-0.15, -0.1) is 11.3 Å². The second-order valence-corrected chi connectivity index (χ2v) is 5.52. The molecule has 2 N–H and O–H groups in total. The predicted octanol–water partition coefficient (Wildman–Crippen LogP) is 3.14. The van der Waals surface area contributed by atoms with Crippen LogP contribution in [0.15, 0.2) is 28.2 Å². The van der Waals surface area contributed by atoms with Crippen LogP contribution in [0, 0.1) is 0 Å². The highest BCUT2D eigenvalue weighted by Gasteiger charge is 2.34. The number of carbonyl (C=O) groups is 1. The molecular formula is C14H18N2O3S. The molecule has 20 heavy (non-hydrogen) atoms. The number of hydrogen-bond donors (Lipinski definition) is 2. The molecule has 0 aromatic carbocycles. The molecule has 5 nitrogen and oxygen atoms in total. The summed E-state index contributed by atoms with van der Waals surface area (Å²) in [4.78, 5) is 16.7. The molecule has 0 unspecified atom stereocenters. The summed E-state index contributed by atoms with van der Waals surface area (Å²) in [5.74, 6) is -0.254. The molecule has 0 saturated carbocycles. The van der Waals surface area contributed by atoms with Crippen molar-refractivity contribution < 1.29 is 14.3 Å². The summed E-state index contributed by atoms with van der Waals surface area (Å²) in [5.41, 5.74) is -0.192. The third-order valence-electron chi connectivity index (χ3n) is 3.51. The van der Waals surface area contributed by atoms with Gasteiger partial charge in [0.25, 0.3) is 0 Å². The molecule has 0 radical (unpaired) electrons. The van der Waals surface area contributed by atoms with Crippen LogP contribution in [-0.4, -0.2) is 21.6 Å². The fraction of sp³-hybridized carbons (Fsp3) is 0.429. The van der Waals surface area contributed by atoms with Crippen molar-refractivity contribution in [3.05, 3.63) is 29.5 Å². The predicted molar refractivity (Wildman–Crippen MR) is 77.6 cm³/mol. The van der Waals surface area contributed by atoms with E-state index in [4.69, 9.17) is 4.42 Å². The third kappa shape index (κ3) is 2.91. The van der Waals surface area contributed by atoms with Crippen molar-refractivity contribution in [3.8, 4) is 10.8 Å². The van der Waals surface area contributed by atoms with E-state index in [2.05, 4.69) is 10.3 Å². The molecule has 2 aromatic rings. The van der Waals surface area contributed by atoms with Crippen molar-refractivity contribution in [3.63, 3.8) is 0 Å². The largest absolute Gasteiger partial charge is 0.480 e. The number of nitrogens with one attached hydrogen (secondary N) is 1. The van der Waals surface area contributed by atoms with Crippen LogP contribution in [0.25, 0.3) is 10.8 Å². The highest BCUT2D eigenvalue weighted by Crippen LogP contribution is 2.24. The number of nitrogens with zero attached hydrogens (tertiary/aromatic N) is 1. The number of hydrogen-bond acceptors (Lipinski definition) is 5. The van der Waals surface area contributed by atoms with Gasteiger partial charge in [0.05, 0.1) is 10.6 Å². The van der Waals surface area contributed by atoms with Crippen molar-refractivity contribution in [1.29, 1.82) is 0 Å². The van der Waals surface area contributed by atoms with Gasteiger partial charge in [0.1, 0.15) is 11.8 Å². The van der Waals surface area contributed by atoms with E-state index in [1.807, 2.05) is 31.4 Å². The fourth-order valence-corrected chi connectivity index (χ4v) is 2.69. The van der Waals surface area contributed by atoms with Gasteiger partial charge in [-0.2, -0.15) is 0 Å². The van der Waals surface area contributed by atoms with Crippen molar-refractivity contribution in [2.24, 2.45) is 0 Å². The summed E-state index contributed by atoms with van der Waals surface area (Å²) >= 11 is 1.56. The smallest absolute Gasteiger partial charge is 0.323 e. The molecule has 6 heteroatoms. The molecule has 0 amide bonds. The molecule has 0 aliphatic carbocycles. The SMILES string of the molecule is CCC(CC)(NCc1coc(-c2cccs2)n1)C(=O)O. The maximum atomic E-state index is 11.4. The minimum absolute atomic E-state index is 0.378. The maximum absolute atomic E-state index is 11.4. The second kappa shape index (κ2) is 6.19. The summed E-state index contributed by atoms with van der Waals surface area (Å²) in [5, 5.41) is 14.4. The van der Waals surface area contributed by atoms with Crippen LogP contribution in [0.2, 0.25) is 0 Å². The van der Waals surface area contributed by atoms with E-state index < -0.39 is 11.5 Å². The molecule has 0 fully saturated rings. The Balaban J connectivity index is 2.06. The van der Waals surface area contributed by atoms with Crippen LogP contribution < -0.4 is 5.32 Å². The molecule has 0 aliphatic heterocycles. The summed E-state index contributed by atoms with van der Waals surface area (Å²) in [6.07, 6.45) is 2.61. The molecule has 2 rings (SSSR count). The second-order valence-electron chi connectivity index (χ2n) is 4.57. The van der Waals surface area contributed by atoms with Gasteiger partial charge in [-0.05, 0) is 24.3 Å². The van der Waals surface area contributed by atoms with E-state index in [0.29, 0.717) is 31.0 Å². The van der Waals surface area contributed by atoms with Gasteiger partial charge in [-0.25, -0.2) is 4.98 Å². The van der Waals surface area contributed by atoms with E-state index in [1.54, 1.807) is 17.6 Å². The number of aliphatic carboxylic acids is 1. The topological polar surface area (TPSA) is 75.4 Å². The van der Waals surface area contributed by atoms with Gasteiger partial charge in [-0.3, -0.25) is 10.1 Å². The lowest BCUT2D eigenvalue weighted by molar-refractivity contribution is -0.145. The lowest BCUT2D eigenvalue weighted by Gasteiger charge is -2.27. The third-order valence-corrected chi connectivity index (χ3v) is 4.37. The monoisotopic (exact) mass is 294 g/mol. The highest BCUT2D eigenvalue weighted by molar-refractivity contribution is 7.13. The van der Waals surface area contributed by atoms with Gasteiger partial charge >= 0.3 is 5.97 Å². The number of oxazole rings is 1. The van der Waals surface area contributed by atoms with E-state index in [1.165, 1.54) is 0 Å². The fourth-order valence-electron chi connectivity index (χ4n) is 2.04. The van der Waals surface area contributed by atoms with Crippen LogP contribution in [0.1, 0.15) is 32.4 Å². The number of carboxylic acid groups (broad SMARTS) is 1. The molecule has 0 bridgehead atoms. The summed E-state index contributed by atoms with van der Waals surface area (Å²) < 4.78 is 5.41. The van der Waals surface area contributed by atoms with E-state index in [0.717, 1.165) is 4.88 Å². The van der Waals surface area contributed by atoms with Crippen molar-refractivity contribution >= 4 is 17.3 Å². The lowest BCUT2D eigenvalue weighted by Crippen LogP contribution is -2.50. The number of carboxylic acids is 1. The zero-order valence-corrected chi connectivity index (χ0v) is 12.4. The van der Waals surface area contributed by atoms with E-state index in [9.17, 15) is 9.90 Å². The Morgan fingerprint density at radius 3 is 2.80 bits per heavy atom. The van der Waals surface area contributed by atoms with Gasteiger partial charge in [-0.1, -0.05) is 19.9 Å². The Morgan fingerprint density at radius 1 is 1.50 bits per heavy atom. The minimum atomic E-state index is -0.901. The number of thiophene rings is 1. The minimum Gasteiger partial charge on any atom is -0.480 e. The average molecular weight is 294 g/mol. The first kappa shape index (κ1) is 14.7. The molecule has 2 heterocycles. The molecule has 0 atom stereocenters. The van der Waals surface area contributed by atoms with Crippen molar-refractivity contribution in [1.82, 2.24) is 10.3 Å². The first-order valence-electron chi connectivity index (χ1n) is 6.58. The highest BCUT2D eigenvalue weighted by atomic mass is 32.1. The summed E-state index contributed by atoms with van der Waals surface area (Å²) in [6, 6.07) is 3.87. The van der Waals surface area contributed by atoms with Gasteiger partial charge in [0, 0.05) is 6.54 Å². The average Bonchev–Trinajstić information content (AvgIpc) is 3.11. The number of aromatic nitrogens is 1. The molecule has 0 saturated heterocycles. The molecule has 0 spiro atoms. The molecular weight excluding hydrogens is 276 g/mol. The van der Waals surface area contributed by atoms with Crippen molar-refractivity contribution in [2.75, 3.05) is 0 Å². The summed E-state index contributed by atoms with van der Waals surface area (Å²) in [7, 11) is 0. The summed E-state index contributed by atoms with van der Waals surface area (Å²) in [6.45, 7) is 4.11. The lowest BCUT2D eigenvalue weighted by atomic mass is 9.93. The zero-order valence-electron chi connectivity index (χ0n) is 11.5. The standard InChI is InChI=1S/C14H18N2O3S/c1-3-14(4-2,13(17)18)15-8-10-9-19-12(16-10)11-6-5-7-20-11/h5-7,9,15H,3-4,8H2,1-2H3,(H,17,18). The van der Waals surface area contributed by atoms with E-state index >= 15 is 0 Å². The number of rotatable bonds is 7. The Labute approximate surface area is 121 Å². The normalized spacial score (nSPS) is 11.7. The van der Waals surface area contributed by atoms with Crippen LogP contribution in [0.5, 0.6) is 0 Å². The van der Waals surface area contributed by atoms with Crippen LogP contribution >= 0.6 is 11.3 Å². The Bertz CT molecular complexity index is 559. The zero-order chi connectivity index (χ0) is 14.6. The maximum Gasteiger partial charge on any atom is 0.323 e. The molecule has 0 aliphatic rings. The Hall–Kier alpha value is -1.66. The van der Waals surface area contributed by atoms with Crippen LogP contribution in [-0.2, 0) is 11.3 Å². The first-order chi connectivity index (χ1) is 9.61. The van der Waals surface area contributed by atoms with Crippen LogP contribution in [0.4, 0.5) is 0 Å². The Morgan fingerprint density at radius 2 is 2.25 bits per heavy atom. The Kier molecular flexibility index (Phi) is 4.57. The van der Waals surface area contributed by atoms with Crippen molar-refractivity contribution in [2.45, 2.75) is 38.8 Å². The molecule has 2 aromatic heterocycles. The van der Waals surface area contributed by atoms with Gasteiger partial charge < -0.3 is 9.52 Å². The van der Waals surface area contributed by atoms with Gasteiger partial charge in [0.15, 0.2) is 0 Å². The van der Waals surface area contributed by atoms with E-state index in [-0.39, 0.29) is 0 Å². The van der Waals surface area contributed by atoms with Gasteiger partial charge in [0.2, 0.25) is 5.89 Å².